The van der Waals surface area contributed by atoms with E-state index in [1.807, 2.05) is 27.7 Å². The van der Waals surface area contributed by atoms with Crippen LogP contribution in [0.2, 0.25) is 5.15 Å². The van der Waals surface area contributed by atoms with Crippen LogP contribution in [0.4, 0.5) is 5.82 Å². The first-order valence-corrected chi connectivity index (χ1v) is 6.14. The van der Waals surface area contributed by atoms with E-state index < -0.39 is 0 Å². The molecule has 17 heavy (non-hydrogen) atoms. The lowest BCUT2D eigenvalue weighted by Crippen LogP contribution is -2.18. The van der Waals surface area contributed by atoms with Crippen molar-refractivity contribution in [3.8, 4) is 12.3 Å². The molecule has 4 heteroatoms. The van der Waals surface area contributed by atoms with E-state index >= 15 is 0 Å². The molecule has 0 bridgehead atoms. The summed E-state index contributed by atoms with van der Waals surface area (Å²) in [6, 6.07) is -0.0281. The summed E-state index contributed by atoms with van der Waals surface area (Å²) >= 11 is 6.09. The highest BCUT2D eigenvalue weighted by atomic mass is 35.5. The minimum atomic E-state index is -0.0281. The van der Waals surface area contributed by atoms with E-state index in [9.17, 15) is 0 Å². The number of nitrogens with one attached hydrogen (secondary N) is 1. The number of hydrogen-bond acceptors (Lipinski definition) is 3. The van der Waals surface area contributed by atoms with Crippen LogP contribution in [-0.2, 0) is 0 Å². The average Bonchev–Trinajstić information content (AvgIpc) is 2.30. The van der Waals surface area contributed by atoms with Crippen molar-refractivity contribution in [3.63, 3.8) is 0 Å². The molecule has 0 aliphatic heterocycles. The summed E-state index contributed by atoms with van der Waals surface area (Å²) < 4.78 is 0. The van der Waals surface area contributed by atoms with Gasteiger partial charge < -0.3 is 5.32 Å². The maximum atomic E-state index is 6.09. The van der Waals surface area contributed by atoms with Crippen molar-refractivity contribution in [1.29, 1.82) is 0 Å². The molecule has 0 saturated carbocycles. The van der Waals surface area contributed by atoms with Crippen LogP contribution in [0.15, 0.2) is 0 Å². The van der Waals surface area contributed by atoms with Crippen LogP contribution in [0.5, 0.6) is 0 Å². The fourth-order valence-electron chi connectivity index (χ4n) is 1.33. The summed E-state index contributed by atoms with van der Waals surface area (Å²) in [5.74, 6) is 4.38. The highest BCUT2D eigenvalue weighted by Gasteiger charge is 2.13. The van der Waals surface area contributed by atoms with Gasteiger partial charge in [0.15, 0.2) is 0 Å². The minimum absolute atomic E-state index is 0.0281. The molecule has 92 valence electrons. The van der Waals surface area contributed by atoms with Gasteiger partial charge in [0.2, 0.25) is 0 Å². The molecule has 1 N–H and O–H groups in total. The molecule has 0 aromatic carbocycles. The Labute approximate surface area is 108 Å². The second-order valence-corrected chi connectivity index (χ2v) is 4.63. The molecule has 0 aliphatic rings. The zero-order chi connectivity index (χ0) is 13.0. The van der Waals surface area contributed by atoms with E-state index in [0.717, 1.165) is 23.6 Å². The zero-order valence-corrected chi connectivity index (χ0v) is 11.5. The maximum absolute atomic E-state index is 6.09. The van der Waals surface area contributed by atoms with E-state index in [1.165, 1.54) is 0 Å². The Hall–Kier alpha value is -1.27. The zero-order valence-electron chi connectivity index (χ0n) is 10.7. The predicted molar refractivity (Wildman–Crippen MR) is 72.4 cm³/mol. The third-order valence-corrected chi connectivity index (χ3v) is 2.91. The number of nitrogens with zero attached hydrogens (tertiary/aromatic N) is 2. The highest BCUT2D eigenvalue weighted by molar-refractivity contribution is 6.30. The minimum Gasteiger partial charge on any atom is -0.356 e. The Bertz CT molecular complexity index is 435. The Morgan fingerprint density at radius 3 is 2.53 bits per heavy atom. The van der Waals surface area contributed by atoms with E-state index in [1.54, 1.807) is 0 Å². The second kappa shape index (κ2) is 5.88. The normalized spacial score (nSPS) is 12.3. The van der Waals surface area contributed by atoms with Gasteiger partial charge in [-0.1, -0.05) is 38.3 Å². The first-order chi connectivity index (χ1) is 7.99. The lowest BCUT2D eigenvalue weighted by Gasteiger charge is -2.16. The molecule has 1 heterocycles. The van der Waals surface area contributed by atoms with Gasteiger partial charge in [-0.05, 0) is 13.3 Å². The Morgan fingerprint density at radius 1 is 1.41 bits per heavy atom. The van der Waals surface area contributed by atoms with E-state index in [-0.39, 0.29) is 12.0 Å². The SMILES string of the molecule is C#CC(CC)Nc1nc(C(C)C)nc(Cl)c1C. The monoisotopic (exact) mass is 251 g/mol. The maximum Gasteiger partial charge on any atom is 0.137 e. The molecule has 1 unspecified atom stereocenters. The lowest BCUT2D eigenvalue weighted by atomic mass is 10.2. The molecule has 3 nitrogen and oxygen atoms in total. The molecule has 0 aliphatic carbocycles. The quantitative estimate of drug-likeness (QED) is 0.659. The molecule has 1 aromatic rings. The third kappa shape index (κ3) is 3.34. The first-order valence-electron chi connectivity index (χ1n) is 5.76. The van der Waals surface area contributed by atoms with Gasteiger partial charge in [-0.3, -0.25) is 0 Å². The van der Waals surface area contributed by atoms with Gasteiger partial charge in [0.1, 0.15) is 16.8 Å². The molecule has 1 atom stereocenters. The fourth-order valence-corrected chi connectivity index (χ4v) is 1.51. The summed E-state index contributed by atoms with van der Waals surface area (Å²) in [4.78, 5) is 8.72. The Morgan fingerprint density at radius 2 is 2.06 bits per heavy atom. The van der Waals surface area contributed by atoms with Gasteiger partial charge >= 0.3 is 0 Å². The number of hydrogen-bond donors (Lipinski definition) is 1. The average molecular weight is 252 g/mol. The number of halogens is 1. The van der Waals surface area contributed by atoms with Crippen molar-refractivity contribution >= 4 is 17.4 Å². The van der Waals surface area contributed by atoms with Gasteiger partial charge in [0.05, 0.1) is 6.04 Å². The van der Waals surface area contributed by atoms with E-state index in [4.69, 9.17) is 18.0 Å². The largest absolute Gasteiger partial charge is 0.356 e. The van der Waals surface area contributed by atoms with Gasteiger partial charge in [0, 0.05) is 11.5 Å². The number of rotatable bonds is 4. The molecule has 0 saturated heterocycles. The van der Waals surface area contributed by atoms with Crippen LogP contribution in [0, 0.1) is 19.3 Å². The number of terminal acetylenes is 1. The molecule has 1 aromatic heterocycles. The van der Waals surface area contributed by atoms with Crippen molar-refractivity contribution in [2.75, 3.05) is 5.32 Å². The topological polar surface area (TPSA) is 37.8 Å². The fraction of sp³-hybridized carbons (Fsp3) is 0.538. The van der Waals surface area contributed by atoms with Gasteiger partial charge in [0.25, 0.3) is 0 Å². The van der Waals surface area contributed by atoms with Gasteiger partial charge in [-0.2, -0.15) is 0 Å². The van der Waals surface area contributed by atoms with E-state index in [0.29, 0.717) is 5.15 Å². The Balaban J connectivity index is 3.10. The smallest absolute Gasteiger partial charge is 0.137 e. The number of aromatic nitrogens is 2. The van der Waals surface area contributed by atoms with Crippen molar-refractivity contribution in [1.82, 2.24) is 9.97 Å². The lowest BCUT2D eigenvalue weighted by molar-refractivity contribution is 0.765. The van der Waals surface area contributed by atoms with Crippen molar-refractivity contribution in [2.45, 2.75) is 46.1 Å². The summed E-state index contributed by atoms with van der Waals surface area (Å²) in [6.07, 6.45) is 6.27. The highest BCUT2D eigenvalue weighted by Crippen LogP contribution is 2.23. The molecule has 0 radical (unpaired) electrons. The molecule has 0 fully saturated rings. The van der Waals surface area contributed by atoms with Crippen molar-refractivity contribution in [2.24, 2.45) is 0 Å². The Kier molecular flexibility index (Phi) is 4.77. The van der Waals surface area contributed by atoms with Crippen LogP contribution >= 0.6 is 11.6 Å². The summed E-state index contributed by atoms with van der Waals surface area (Å²) in [7, 11) is 0. The van der Waals surface area contributed by atoms with Crippen LogP contribution in [0.25, 0.3) is 0 Å². The first kappa shape index (κ1) is 13.8. The standard InChI is InChI=1S/C13H18ClN3/c1-6-10(7-2)15-13-9(5)11(14)16-12(17-13)8(3)4/h1,8,10H,7H2,2-5H3,(H,15,16,17). The summed E-state index contributed by atoms with van der Waals surface area (Å²) in [5, 5.41) is 3.70. The third-order valence-electron chi connectivity index (χ3n) is 2.54. The summed E-state index contributed by atoms with van der Waals surface area (Å²) in [5.41, 5.74) is 0.838. The summed E-state index contributed by atoms with van der Waals surface area (Å²) in [6.45, 7) is 7.98. The van der Waals surface area contributed by atoms with Crippen molar-refractivity contribution < 1.29 is 0 Å². The van der Waals surface area contributed by atoms with Crippen LogP contribution in [-0.4, -0.2) is 16.0 Å². The molecular formula is C13H18ClN3. The van der Waals surface area contributed by atoms with Crippen molar-refractivity contribution in [3.05, 3.63) is 16.5 Å². The molecule has 1 rings (SSSR count). The predicted octanol–water partition coefficient (Wildman–Crippen LogP) is 3.39. The molecule has 0 spiro atoms. The second-order valence-electron chi connectivity index (χ2n) is 4.27. The molecular weight excluding hydrogens is 234 g/mol. The number of anilines is 1. The van der Waals surface area contributed by atoms with E-state index in [2.05, 4.69) is 21.2 Å². The van der Waals surface area contributed by atoms with Crippen LogP contribution in [0.3, 0.4) is 0 Å². The van der Waals surface area contributed by atoms with Gasteiger partial charge in [-0.15, -0.1) is 6.42 Å². The van der Waals surface area contributed by atoms with Crippen LogP contribution in [0.1, 0.15) is 44.5 Å². The van der Waals surface area contributed by atoms with Gasteiger partial charge in [-0.25, -0.2) is 9.97 Å². The van der Waals surface area contributed by atoms with Crippen LogP contribution < -0.4 is 5.32 Å². The molecule has 0 amide bonds.